The van der Waals surface area contributed by atoms with E-state index in [1.54, 1.807) is 0 Å². The number of para-hydroxylation sites is 2. The SMILES string of the molecule is CCOc1ccccc1COC(=O)CCCc1c[nH]c2ccccc12. The van der Waals surface area contributed by atoms with Crippen LogP contribution in [-0.4, -0.2) is 17.6 Å². The zero-order valence-corrected chi connectivity index (χ0v) is 14.5. The third-order valence-corrected chi connectivity index (χ3v) is 4.16. The second kappa shape index (κ2) is 8.38. The zero-order valence-electron chi connectivity index (χ0n) is 14.5. The Labute approximate surface area is 147 Å². The fourth-order valence-electron chi connectivity index (χ4n) is 2.91. The number of benzene rings is 2. The number of aromatic amines is 1. The topological polar surface area (TPSA) is 51.3 Å². The van der Waals surface area contributed by atoms with Crippen molar-refractivity contribution in [3.63, 3.8) is 0 Å². The maximum atomic E-state index is 12.0. The first kappa shape index (κ1) is 17.1. The van der Waals surface area contributed by atoms with Gasteiger partial charge in [0.25, 0.3) is 0 Å². The number of carbonyl (C=O) groups excluding carboxylic acids is 1. The van der Waals surface area contributed by atoms with Gasteiger partial charge in [0.15, 0.2) is 0 Å². The summed E-state index contributed by atoms with van der Waals surface area (Å²) in [5, 5.41) is 1.22. The minimum Gasteiger partial charge on any atom is -0.493 e. The Morgan fingerprint density at radius 2 is 1.84 bits per heavy atom. The summed E-state index contributed by atoms with van der Waals surface area (Å²) in [6.07, 6.45) is 4.06. The molecule has 4 nitrogen and oxygen atoms in total. The van der Waals surface area contributed by atoms with Gasteiger partial charge < -0.3 is 14.5 Å². The van der Waals surface area contributed by atoms with E-state index in [0.29, 0.717) is 13.0 Å². The van der Waals surface area contributed by atoms with Crippen molar-refractivity contribution in [2.24, 2.45) is 0 Å². The molecule has 25 heavy (non-hydrogen) atoms. The van der Waals surface area contributed by atoms with Gasteiger partial charge in [0.1, 0.15) is 12.4 Å². The molecule has 0 saturated heterocycles. The highest BCUT2D eigenvalue weighted by molar-refractivity contribution is 5.83. The van der Waals surface area contributed by atoms with Crippen molar-refractivity contribution in [3.8, 4) is 5.75 Å². The van der Waals surface area contributed by atoms with Crippen molar-refractivity contribution < 1.29 is 14.3 Å². The van der Waals surface area contributed by atoms with Crippen LogP contribution < -0.4 is 4.74 Å². The van der Waals surface area contributed by atoms with E-state index < -0.39 is 0 Å². The highest BCUT2D eigenvalue weighted by Crippen LogP contribution is 2.21. The summed E-state index contributed by atoms with van der Waals surface area (Å²) >= 11 is 0. The lowest BCUT2D eigenvalue weighted by molar-refractivity contribution is -0.145. The van der Waals surface area contributed by atoms with Gasteiger partial charge in [-0.15, -0.1) is 0 Å². The summed E-state index contributed by atoms with van der Waals surface area (Å²) in [4.78, 5) is 15.3. The Kier molecular flexibility index (Phi) is 5.73. The summed E-state index contributed by atoms with van der Waals surface area (Å²) < 4.78 is 10.9. The maximum absolute atomic E-state index is 12.0. The Hall–Kier alpha value is -2.75. The molecule has 1 N–H and O–H groups in total. The number of hydrogen-bond donors (Lipinski definition) is 1. The molecule has 1 heterocycles. The van der Waals surface area contributed by atoms with Gasteiger partial charge in [0.05, 0.1) is 6.61 Å². The van der Waals surface area contributed by atoms with Gasteiger partial charge in [0, 0.05) is 29.1 Å². The number of hydrogen-bond acceptors (Lipinski definition) is 3. The molecule has 0 saturated carbocycles. The standard InChI is InChI=1S/C21H23NO3/c1-2-24-20-12-6-3-8-17(20)15-25-21(23)13-7-9-16-14-22-19-11-5-4-10-18(16)19/h3-6,8,10-12,14,22H,2,7,9,13,15H2,1H3. The van der Waals surface area contributed by atoms with Crippen LogP contribution in [0, 0.1) is 0 Å². The molecule has 0 bridgehead atoms. The smallest absolute Gasteiger partial charge is 0.306 e. The largest absolute Gasteiger partial charge is 0.493 e. The minimum atomic E-state index is -0.175. The summed E-state index contributed by atoms with van der Waals surface area (Å²) in [7, 11) is 0. The molecule has 0 atom stereocenters. The van der Waals surface area contributed by atoms with Crippen LogP contribution >= 0.6 is 0 Å². The molecule has 0 unspecified atom stereocenters. The first-order chi connectivity index (χ1) is 12.3. The summed E-state index contributed by atoms with van der Waals surface area (Å²) in [6, 6.07) is 15.9. The molecule has 1 aromatic heterocycles. The van der Waals surface area contributed by atoms with Crippen molar-refractivity contribution in [1.29, 1.82) is 0 Å². The van der Waals surface area contributed by atoms with Crippen molar-refractivity contribution >= 4 is 16.9 Å². The lowest BCUT2D eigenvalue weighted by atomic mass is 10.1. The number of nitrogens with one attached hydrogen (secondary N) is 1. The number of ether oxygens (including phenoxy) is 2. The van der Waals surface area contributed by atoms with Gasteiger partial charge in [-0.25, -0.2) is 0 Å². The minimum absolute atomic E-state index is 0.175. The van der Waals surface area contributed by atoms with E-state index in [1.807, 2.05) is 49.5 Å². The van der Waals surface area contributed by atoms with E-state index in [-0.39, 0.29) is 12.6 Å². The predicted molar refractivity (Wildman–Crippen MR) is 98.6 cm³/mol. The number of rotatable bonds is 8. The monoisotopic (exact) mass is 337 g/mol. The van der Waals surface area contributed by atoms with Gasteiger partial charge in [-0.05, 0) is 37.5 Å². The van der Waals surface area contributed by atoms with Crippen molar-refractivity contribution in [2.45, 2.75) is 32.8 Å². The van der Waals surface area contributed by atoms with Crippen LogP contribution in [0.4, 0.5) is 0 Å². The van der Waals surface area contributed by atoms with E-state index in [0.717, 1.165) is 29.7 Å². The lowest BCUT2D eigenvalue weighted by Crippen LogP contribution is -2.06. The average molecular weight is 337 g/mol. The molecule has 0 aliphatic carbocycles. The molecule has 0 aliphatic heterocycles. The molecule has 0 amide bonds. The molecule has 4 heteroatoms. The molecular weight excluding hydrogens is 314 g/mol. The van der Waals surface area contributed by atoms with E-state index >= 15 is 0 Å². The number of H-pyrrole nitrogens is 1. The normalized spacial score (nSPS) is 10.8. The van der Waals surface area contributed by atoms with Crippen molar-refractivity contribution in [1.82, 2.24) is 4.98 Å². The van der Waals surface area contributed by atoms with Gasteiger partial charge >= 0.3 is 5.97 Å². The van der Waals surface area contributed by atoms with Crippen LogP contribution in [0.3, 0.4) is 0 Å². The Morgan fingerprint density at radius 1 is 1.04 bits per heavy atom. The number of esters is 1. The highest BCUT2D eigenvalue weighted by Gasteiger charge is 2.08. The number of carbonyl (C=O) groups is 1. The van der Waals surface area contributed by atoms with Crippen LogP contribution in [0.2, 0.25) is 0 Å². The van der Waals surface area contributed by atoms with Crippen molar-refractivity contribution in [3.05, 3.63) is 65.9 Å². The number of aromatic nitrogens is 1. The fourth-order valence-corrected chi connectivity index (χ4v) is 2.91. The molecule has 2 aromatic carbocycles. The van der Waals surface area contributed by atoms with E-state index in [1.165, 1.54) is 10.9 Å². The van der Waals surface area contributed by atoms with Crippen LogP contribution in [0.5, 0.6) is 5.75 Å². The summed E-state index contributed by atoms with van der Waals surface area (Å²) in [5.74, 6) is 0.600. The third kappa shape index (κ3) is 4.41. The second-order valence-corrected chi connectivity index (χ2v) is 5.91. The van der Waals surface area contributed by atoms with Gasteiger partial charge in [0.2, 0.25) is 0 Å². The van der Waals surface area contributed by atoms with E-state index in [9.17, 15) is 4.79 Å². The fraction of sp³-hybridized carbons (Fsp3) is 0.286. The first-order valence-corrected chi connectivity index (χ1v) is 8.69. The Balaban J connectivity index is 1.47. The molecule has 0 aliphatic rings. The van der Waals surface area contributed by atoms with Crippen LogP contribution in [0.25, 0.3) is 10.9 Å². The van der Waals surface area contributed by atoms with E-state index in [4.69, 9.17) is 9.47 Å². The Bertz CT molecular complexity index is 838. The second-order valence-electron chi connectivity index (χ2n) is 5.91. The van der Waals surface area contributed by atoms with Crippen LogP contribution in [-0.2, 0) is 22.6 Å². The highest BCUT2D eigenvalue weighted by atomic mass is 16.5. The molecule has 0 fully saturated rings. The average Bonchev–Trinajstić information content (AvgIpc) is 3.05. The number of aryl methyl sites for hydroxylation is 1. The molecule has 130 valence electrons. The quantitative estimate of drug-likeness (QED) is 0.610. The van der Waals surface area contributed by atoms with Gasteiger partial charge in [-0.2, -0.15) is 0 Å². The van der Waals surface area contributed by atoms with Crippen LogP contribution in [0.1, 0.15) is 30.9 Å². The summed E-state index contributed by atoms with van der Waals surface area (Å²) in [5.41, 5.74) is 3.27. The summed E-state index contributed by atoms with van der Waals surface area (Å²) in [6.45, 7) is 2.78. The van der Waals surface area contributed by atoms with Crippen molar-refractivity contribution in [2.75, 3.05) is 6.61 Å². The molecular formula is C21H23NO3. The van der Waals surface area contributed by atoms with E-state index in [2.05, 4.69) is 17.1 Å². The Morgan fingerprint density at radius 3 is 2.72 bits per heavy atom. The molecule has 0 spiro atoms. The predicted octanol–water partition coefficient (Wildman–Crippen LogP) is 4.63. The van der Waals surface area contributed by atoms with Crippen LogP contribution in [0.15, 0.2) is 54.7 Å². The third-order valence-electron chi connectivity index (χ3n) is 4.16. The van der Waals surface area contributed by atoms with Gasteiger partial charge in [-0.3, -0.25) is 4.79 Å². The molecule has 0 radical (unpaired) electrons. The maximum Gasteiger partial charge on any atom is 0.306 e. The molecule has 3 rings (SSSR count). The lowest BCUT2D eigenvalue weighted by Gasteiger charge is -2.10. The molecule has 3 aromatic rings. The van der Waals surface area contributed by atoms with Gasteiger partial charge in [-0.1, -0.05) is 36.4 Å². The first-order valence-electron chi connectivity index (χ1n) is 8.69. The zero-order chi connectivity index (χ0) is 17.5. The number of fused-ring (bicyclic) bond motifs is 1.